The van der Waals surface area contributed by atoms with Crippen LogP contribution in [0.15, 0.2) is 24.3 Å². The molecule has 0 saturated carbocycles. The van der Waals surface area contributed by atoms with Crippen LogP contribution in [0.4, 0.5) is 5.69 Å². The first-order valence-electron chi connectivity index (χ1n) is 6.23. The van der Waals surface area contributed by atoms with Crippen molar-refractivity contribution in [3.05, 3.63) is 29.8 Å². The highest BCUT2D eigenvalue weighted by atomic mass is 16.2. The Bertz CT molecular complexity index is 520. The number of piperazine rings is 1. The Morgan fingerprint density at radius 2 is 1.74 bits per heavy atom. The molecule has 1 aromatic rings. The number of para-hydroxylation sites is 1. The van der Waals surface area contributed by atoms with E-state index in [1.54, 1.807) is 7.05 Å². The quantitative estimate of drug-likeness (QED) is 0.851. The molecule has 102 valence electrons. The Hall–Kier alpha value is -1.88. The minimum Gasteiger partial charge on any atom is -0.335 e. The Kier molecular flexibility index (Phi) is 3.32. The van der Waals surface area contributed by atoms with Gasteiger partial charge >= 0.3 is 0 Å². The molecule has 5 nitrogen and oxygen atoms in total. The lowest BCUT2D eigenvalue weighted by Gasteiger charge is -2.34. The molecular formula is C14H19N3O2. The summed E-state index contributed by atoms with van der Waals surface area (Å²) in [7, 11) is 1.64. The third kappa shape index (κ3) is 2.61. The number of carbonyl (C=O) groups excluding carboxylic acids is 2. The zero-order valence-electron chi connectivity index (χ0n) is 11.5. The molecule has 19 heavy (non-hydrogen) atoms. The summed E-state index contributed by atoms with van der Waals surface area (Å²) in [6.45, 7) is 3.95. The molecule has 1 saturated heterocycles. The first-order chi connectivity index (χ1) is 8.80. The highest BCUT2D eigenvalue weighted by Crippen LogP contribution is 2.29. The van der Waals surface area contributed by atoms with Gasteiger partial charge in [0, 0.05) is 18.3 Å². The van der Waals surface area contributed by atoms with Gasteiger partial charge in [0.1, 0.15) is 6.54 Å². The second-order valence-corrected chi connectivity index (χ2v) is 5.47. The van der Waals surface area contributed by atoms with E-state index in [0.29, 0.717) is 0 Å². The Balaban J connectivity index is 2.42. The number of benzene rings is 1. The van der Waals surface area contributed by atoms with Gasteiger partial charge in [-0.2, -0.15) is 0 Å². The van der Waals surface area contributed by atoms with Crippen LogP contribution in [0, 0.1) is 0 Å². The largest absolute Gasteiger partial charge is 0.335 e. The minimum atomic E-state index is -0.566. The van der Waals surface area contributed by atoms with Gasteiger partial charge in [0.05, 0.1) is 6.54 Å². The molecule has 0 aromatic heterocycles. The molecule has 0 spiro atoms. The standard InChI is InChI=1S/C14H19N3O2/c1-14(2,15)10-6-4-5-7-11(10)17-9-12(18)16(3)8-13(17)19/h4-7H,8-9,15H2,1-3H3. The number of likely N-dealkylation sites (N-methyl/N-ethyl adjacent to an activating group) is 1. The van der Waals surface area contributed by atoms with E-state index < -0.39 is 5.54 Å². The summed E-state index contributed by atoms with van der Waals surface area (Å²) < 4.78 is 0. The second kappa shape index (κ2) is 4.66. The number of nitrogens with two attached hydrogens (primary N) is 1. The molecule has 1 heterocycles. The van der Waals surface area contributed by atoms with Crippen molar-refractivity contribution in [2.24, 2.45) is 5.73 Å². The monoisotopic (exact) mass is 261 g/mol. The average Bonchev–Trinajstić information content (AvgIpc) is 2.33. The van der Waals surface area contributed by atoms with Crippen LogP contribution in [0.1, 0.15) is 19.4 Å². The van der Waals surface area contributed by atoms with Crippen LogP contribution in [0.3, 0.4) is 0 Å². The van der Waals surface area contributed by atoms with Crippen molar-refractivity contribution in [2.45, 2.75) is 19.4 Å². The first kappa shape index (κ1) is 13.5. The molecule has 1 aliphatic rings. The molecule has 2 amide bonds. The van der Waals surface area contributed by atoms with Gasteiger partial charge in [0.2, 0.25) is 11.8 Å². The summed E-state index contributed by atoms with van der Waals surface area (Å²) in [5.74, 6) is -0.150. The van der Waals surface area contributed by atoms with Gasteiger partial charge in [-0.15, -0.1) is 0 Å². The molecular weight excluding hydrogens is 242 g/mol. The van der Waals surface area contributed by atoms with E-state index in [-0.39, 0.29) is 24.9 Å². The third-order valence-corrected chi connectivity index (χ3v) is 3.28. The normalized spacial score (nSPS) is 17.1. The first-order valence-corrected chi connectivity index (χ1v) is 6.23. The van der Waals surface area contributed by atoms with Crippen molar-refractivity contribution < 1.29 is 9.59 Å². The molecule has 2 rings (SSSR count). The fourth-order valence-electron chi connectivity index (χ4n) is 2.19. The van der Waals surface area contributed by atoms with Crippen molar-refractivity contribution in [1.29, 1.82) is 0 Å². The van der Waals surface area contributed by atoms with Crippen molar-refractivity contribution in [3.63, 3.8) is 0 Å². The van der Waals surface area contributed by atoms with Crippen molar-refractivity contribution >= 4 is 17.5 Å². The van der Waals surface area contributed by atoms with Crippen LogP contribution < -0.4 is 10.6 Å². The van der Waals surface area contributed by atoms with Gasteiger partial charge in [0.25, 0.3) is 0 Å². The molecule has 0 atom stereocenters. The molecule has 1 aromatic carbocycles. The van der Waals surface area contributed by atoms with Crippen LogP contribution in [0.5, 0.6) is 0 Å². The smallest absolute Gasteiger partial charge is 0.247 e. The predicted molar refractivity (Wildman–Crippen MR) is 73.6 cm³/mol. The molecule has 0 bridgehead atoms. The molecule has 0 radical (unpaired) electrons. The maximum absolute atomic E-state index is 12.1. The van der Waals surface area contributed by atoms with Crippen molar-refractivity contribution in [2.75, 3.05) is 25.0 Å². The van der Waals surface area contributed by atoms with E-state index in [2.05, 4.69) is 0 Å². The van der Waals surface area contributed by atoms with E-state index in [0.717, 1.165) is 11.3 Å². The number of hydrogen-bond acceptors (Lipinski definition) is 3. The Morgan fingerprint density at radius 3 is 2.37 bits per heavy atom. The van der Waals surface area contributed by atoms with E-state index in [1.807, 2.05) is 38.1 Å². The summed E-state index contributed by atoms with van der Waals surface area (Å²) in [5.41, 5.74) is 7.16. The van der Waals surface area contributed by atoms with Gasteiger partial charge < -0.3 is 15.5 Å². The van der Waals surface area contributed by atoms with Crippen molar-refractivity contribution in [3.8, 4) is 0 Å². The number of carbonyl (C=O) groups is 2. The molecule has 5 heteroatoms. The van der Waals surface area contributed by atoms with Gasteiger partial charge in [-0.05, 0) is 25.5 Å². The predicted octanol–water partition coefficient (Wildman–Crippen LogP) is 0.685. The fraction of sp³-hybridized carbons (Fsp3) is 0.429. The number of amides is 2. The van der Waals surface area contributed by atoms with E-state index in [9.17, 15) is 9.59 Å². The van der Waals surface area contributed by atoms with Crippen LogP contribution >= 0.6 is 0 Å². The summed E-state index contributed by atoms with van der Waals surface area (Å²) in [5, 5.41) is 0. The number of anilines is 1. The highest BCUT2D eigenvalue weighted by molar-refractivity contribution is 6.04. The van der Waals surface area contributed by atoms with Gasteiger partial charge in [0.15, 0.2) is 0 Å². The minimum absolute atomic E-state index is 0.0655. The summed E-state index contributed by atoms with van der Waals surface area (Å²) in [6.07, 6.45) is 0. The zero-order chi connectivity index (χ0) is 14.2. The second-order valence-electron chi connectivity index (χ2n) is 5.47. The molecule has 0 aliphatic carbocycles. The number of nitrogens with zero attached hydrogens (tertiary/aromatic N) is 2. The van der Waals surface area contributed by atoms with Crippen LogP contribution in [0.25, 0.3) is 0 Å². The van der Waals surface area contributed by atoms with Crippen molar-refractivity contribution in [1.82, 2.24) is 4.90 Å². The maximum Gasteiger partial charge on any atom is 0.247 e. The molecule has 1 fully saturated rings. The maximum atomic E-state index is 12.1. The average molecular weight is 261 g/mol. The SMILES string of the molecule is CN1CC(=O)N(c2ccccc2C(C)(C)N)CC1=O. The molecule has 0 unspecified atom stereocenters. The summed E-state index contributed by atoms with van der Waals surface area (Å²) in [4.78, 5) is 26.9. The fourth-order valence-corrected chi connectivity index (χ4v) is 2.19. The summed E-state index contributed by atoms with van der Waals surface area (Å²) in [6, 6.07) is 7.46. The Labute approximate surface area is 113 Å². The highest BCUT2D eigenvalue weighted by Gasteiger charge is 2.31. The number of rotatable bonds is 2. The lowest BCUT2D eigenvalue weighted by molar-refractivity contribution is -0.136. The van der Waals surface area contributed by atoms with Crippen LogP contribution in [-0.4, -0.2) is 36.9 Å². The van der Waals surface area contributed by atoms with Crippen LogP contribution in [0.2, 0.25) is 0 Å². The van der Waals surface area contributed by atoms with E-state index >= 15 is 0 Å². The van der Waals surface area contributed by atoms with Crippen LogP contribution in [-0.2, 0) is 15.1 Å². The van der Waals surface area contributed by atoms with E-state index in [1.165, 1.54) is 9.80 Å². The topological polar surface area (TPSA) is 66.6 Å². The number of hydrogen-bond donors (Lipinski definition) is 1. The lowest BCUT2D eigenvalue weighted by Crippen LogP contribution is -2.53. The lowest BCUT2D eigenvalue weighted by atomic mass is 9.93. The molecule has 2 N–H and O–H groups in total. The van der Waals surface area contributed by atoms with Gasteiger partial charge in [-0.1, -0.05) is 18.2 Å². The van der Waals surface area contributed by atoms with E-state index in [4.69, 9.17) is 5.73 Å². The zero-order valence-corrected chi connectivity index (χ0v) is 11.5. The molecule has 1 aliphatic heterocycles. The summed E-state index contributed by atoms with van der Waals surface area (Å²) >= 11 is 0. The van der Waals surface area contributed by atoms with Gasteiger partial charge in [-0.3, -0.25) is 9.59 Å². The Morgan fingerprint density at radius 1 is 1.11 bits per heavy atom. The third-order valence-electron chi connectivity index (χ3n) is 3.28. The van der Waals surface area contributed by atoms with Gasteiger partial charge in [-0.25, -0.2) is 0 Å².